The Kier molecular flexibility index (Phi) is 10.3. The van der Waals surface area contributed by atoms with Gasteiger partial charge in [-0.25, -0.2) is 9.78 Å². The zero-order chi connectivity index (χ0) is 32.7. The number of hydrogen-bond donors (Lipinski definition) is 3. The molecule has 242 valence electrons. The summed E-state index contributed by atoms with van der Waals surface area (Å²) in [6, 6.07) is 16.6. The number of nitrogens with zero attached hydrogens (tertiary/aromatic N) is 5. The number of imidazole rings is 1. The quantitative estimate of drug-likeness (QED) is 0.271. The molecule has 0 spiro atoms. The van der Waals surface area contributed by atoms with Crippen LogP contribution in [0, 0.1) is 6.92 Å². The van der Waals surface area contributed by atoms with Gasteiger partial charge in [-0.2, -0.15) is 13.2 Å². The number of ether oxygens (including phenoxy) is 1. The Morgan fingerprint density at radius 3 is 2.52 bits per heavy atom. The second-order valence-electron chi connectivity index (χ2n) is 11.0. The fraction of sp³-hybridized carbons (Fsp3) is 0.344. The molecule has 2 saturated heterocycles. The summed E-state index contributed by atoms with van der Waals surface area (Å²) in [5.41, 5.74) is 6.19. The number of aliphatic carboxylic acids is 1. The first-order chi connectivity index (χ1) is 22.1. The number of aromatic amines is 1. The Hall–Kier alpha value is -4.82. The van der Waals surface area contributed by atoms with E-state index >= 15 is 0 Å². The molecule has 5 heterocycles. The van der Waals surface area contributed by atoms with E-state index in [2.05, 4.69) is 65.4 Å². The van der Waals surface area contributed by atoms with Crippen LogP contribution >= 0.6 is 0 Å². The van der Waals surface area contributed by atoms with Crippen molar-refractivity contribution in [1.82, 2.24) is 30.2 Å². The summed E-state index contributed by atoms with van der Waals surface area (Å²) in [5, 5.41) is 10.3. The molecule has 1 amide bonds. The number of carbonyl (C=O) groups is 2. The van der Waals surface area contributed by atoms with Crippen LogP contribution in [-0.2, 0) is 16.1 Å². The Labute approximate surface area is 263 Å². The number of halogens is 3. The lowest BCUT2D eigenvalue weighted by Crippen LogP contribution is -2.37. The van der Waals surface area contributed by atoms with Crippen LogP contribution < -0.4 is 10.2 Å². The van der Waals surface area contributed by atoms with Gasteiger partial charge in [0, 0.05) is 62.4 Å². The van der Waals surface area contributed by atoms with Crippen LogP contribution in [0.5, 0.6) is 0 Å². The van der Waals surface area contributed by atoms with Gasteiger partial charge in [0.25, 0.3) is 5.91 Å². The molecule has 0 unspecified atom stereocenters. The van der Waals surface area contributed by atoms with Crippen LogP contribution in [0.1, 0.15) is 28.2 Å². The van der Waals surface area contributed by atoms with Gasteiger partial charge < -0.3 is 25.0 Å². The Morgan fingerprint density at radius 1 is 1.07 bits per heavy atom. The maximum absolute atomic E-state index is 13.2. The Balaban J connectivity index is 0.000000537. The number of rotatable bonds is 7. The number of aryl methyl sites for hydroxylation is 1. The summed E-state index contributed by atoms with van der Waals surface area (Å²) in [5.74, 6) is -2.33. The fourth-order valence-corrected chi connectivity index (χ4v) is 5.31. The molecule has 2 fully saturated rings. The summed E-state index contributed by atoms with van der Waals surface area (Å²) in [6.45, 7) is 7.73. The van der Waals surface area contributed by atoms with Gasteiger partial charge in [0.2, 0.25) is 0 Å². The van der Waals surface area contributed by atoms with Crippen LogP contribution in [-0.4, -0.2) is 93.4 Å². The molecule has 0 aliphatic carbocycles. The van der Waals surface area contributed by atoms with Crippen molar-refractivity contribution in [2.45, 2.75) is 32.1 Å². The molecule has 6 rings (SSSR count). The highest BCUT2D eigenvalue weighted by Gasteiger charge is 2.38. The van der Waals surface area contributed by atoms with Crippen molar-refractivity contribution in [3.63, 3.8) is 0 Å². The van der Waals surface area contributed by atoms with Crippen LogP contribution in [0.15, 0.2) is 67.1 Å². The highest BCUT2D eigenvalue weighted by molar-refractivity contribution is 5.94. The summed E-state index contributed by atoms with van der Waals surface area (Å²) < 4.78 is 37.2. The first-order valence-corrected chi connectivity index (χ1v) is 14.7. The molecule has 14 heteroatoms. The average molecular weight is 638 g/mol. The molecule has 0 saturated carbocycles. The fourth-order valence-electron chi connectivity index (χ4n) is 5.31. The van der Waals surface area contributed by atoms with Crippen LogP contribution in [0.3, 0.4) is 0 Å². The number of alkyl halides is 3. The third-order valence-electron chi connectivity index (χ3n) is 7.63. The topological polar surface area (TPSA) is 137 Å². The first kappa shape index (κ1) is 32.6. The van der Waals surface area contributed by atoms with Crippen LogP contribution in [0.2, 0.25) is 0 Å². The smallest absolute Gasteiger partial charge is 0.475 e. The van der Waals surface area contributed by atoms with E-state index in [0.717, 1.165) is 74.9 Å². The van der Waals surface area contributed by atoms with E-state index in [0.29, 0.717) is 17.2 Å². The average Bonchev–Trinajstić information content (AvgIpc) is 3.67. The number of H-pyrrole nitrogens is 1. The largest absolute Gasteiger partial charge is 0.490 e. The minimum Gasteiger partial charge on any atom is -0.475 e. The molecule has 0 bridgehead atoms. The predicted octanol–water partition coefficient (Wildman–Crippen LogP) is 4.32. The SMILES string of the molecule is Cc1[nH]c(-c2cc(-c3cncc(N4CCOCC4)c3)ccn2)nc1C(=O)N[C@@H]1CCN(Cc2ccccc2)C1.O=C(O)C(F)(F)F. The number of hydrogen-bond acceptors (Lipinski definition) is 8. The number of benzene rings is 1. The molecule has 1 atom stereocenters. The summed E-state index contributed by atoms with van der Waals surface area (Å²) >= 11 is 0. The molecular formula is C32H34F3N7O4. The monoisotopic (exact) mass is 637 g/mol. The molecule has 0 radical (unpaired) electrons. The molecule has 2 aliphatic heterocycles. The maximum Gasteiger partial charge on any atom is 0.490 e. The van der Waals surface area contributed by atoms with Crippen molar-refractivity contribution < 1.29 is 32.6 Å². The number of carbonyl (C=O) groups excluding carboxylic acids is 1. The van der Waals surface area contributed by atoms with Crippen molar-refractivity contribution in [2.24, 2.45) is 0 Å². The third-order valence-corrected chi connectivity index (χ3v) is 7.63. The molecule has 3 aromatic heterocycles. The van der Waals surface area contributed by atoms with Crippen molar-refractivity contribution in [3.05, 3.63) is 84.1 Å². The lowest BCUT2D eigenvalue weighted by Gasteiger charge is -2.28. The van der Waals surface area contributed by atoms with E-state index in [4.69, 9.17) is 14.6 Å². The number of amides is 1. The molecule has 2 aliphatic rings. The molecule has 3 N–H and O–H groups in total. The van der Waals surface area contributed by atoms with E-state index in [-0.39, 0.29) is 11.9 Å². The van der Waals surface area contributed by atoms with Crippen LogP contribution in [0.4, 0.5) is 18.9 Å². The van der Waals surface area contributed by atoms with Crippen LogP contribution in [0.25, 0.3) is 22.6 Å². The summed E-state index contributed by atoms with van der Waals surface area (Å²) in [6.07, 6.45) is 1.36. The van der Waals surface area contributed by atoms with Gasteiger partial charge in [-0.3, -0.25) is 19.7 Å². The first-order valence-electron chi connectivity index (χ1n) is 14.7. The predicted molar refractivity (Wildman–Crippen MR) is 164 cm³/mol. The minimum absolute atomic E-state index is 0.105. The zero-order valence-corrected chi connectivity index (χ0v) is 25.1. The van der Waals surface area contributed by atoms with Crippen molar-refractivity contribution in [1.29, 1.82) is 0 Å². The number of carboxylic acids is 1. The standard InChI is InChI=1S/C30H33N7O2.C2HF3O2/c1-21-28(30(38)34-25-8-10-36(20-25)19-22-5-3-2-4-6-22)35-29(33-21)27-16-23(7-9-32-27)24-15-26(18-31-17-24)37-11-13-39-14-12-37;3-2(4,5)1(6)7/h2-7,9,15-18,25H,8,10-14,19-20H2,1H3,(H,33,35)(H,34,38);(H,6,7)/t25-;/m1./s1. The molecule has 1 aromatic carbocycles. The number of anilines is 1. The van der Waals surface area contributed by atoms with Crippen molar-refractivity contribution in [3.8, 4) is 22.6 Å². The number of nitrogens with one attached hydrogen (secondary N) is 2. The van der Waals surface area contributed by atoms with Gasteiger partial charge in [0.1, 0.15) is 11.4 Å². The number of morpholine rings is 1. The van der Waals surface area contributed by atoms with E-state index < -0.39 is 12.1 Å². The Morgan fingerprint density at radius 2 is 1.80 bits per heavy atom. The van der Waals surface area contributed by atoms with Gasteiger partial charge in [-0.1, -0.05) is 30.3 Å². The third kappa shape index (κ3) is 8.46. The van der Waals surface area contributed by atoms with E-state index in [1.54, 1.807) is 6.20 Å². The number of aromatic nitrogens is 4. The van der Waals surface area contributed by atoms with Gasteiger partial charge in [-0.05, 0) is 42.7 Å². The van der Waals surface area contributed by atoms with E-state index in [9.17, 15) is 18.0 Å². The molecule has 4 aromatic rings. The summed E-state index contributed by atoms with van der Waals surface area (Å²) in [7, 11) is 0. The van der Waals surface area contributed by atoms with Crippen molar-refractivity contribution >= 4 is 17.6 Å². The van der Waals surface area contributed by atoms with E-state index in [1.807, 2.05) is 37.5 Å². The number of likely N-dealkylation sites (tertiary alicyclic amines) is 1. The molecular weight excluding hydrogens is 603 g/mol. The zero-order valence-electron chi connectivity index (χ0n) is 25.1. The molecule has 11 nitrogen and oxygen atoms in total. The van der Waals surface area contributed by atoms with Gasteiger partial charge in [0.05, 0.1) is 25.1 Å². The Bertz CT molecular complexity index is 1640. The van der Waals surface area contributed by atoms with E-state index in [1.165, 1.54) is 5.56 Å². The number of carboxylic acid groups (broad SMARTS) is 1. The lowest BCUT2D eigenvalue weighted by atomic mass is 10.1. The van der Waals surface area contributed by atoms with Gasteiger partial charge in [-0.15, -0.1) is 0 Å². The highest BCUT2D eigenvalue weighted by atomic mass is 19.4. The highest BCUT2D eigenvalue weighted by Crippen LogP contribution is 2.27. The van der Waals surface area contributed by atoms with Gasteiger partial charge in [0.15, 0.2) is 5.82 Å². The lowest BCUT2D eigenvalue weighted by molar-refractivity contribution is -0.192. The second-order valence-corrected chi connectivity index (χ2v) is 11.0. The van der Waals surface area contributed by atoms with Crippen molar-refractivity contribution in [2.75, 3.05) is 44.3 Å². The minimum atomic E-state index is -5.08. The normalized spacial score (nSPS) is 16.9. The number of pyridine rings is 2. The maximum atomic E-state index is 13.2. The van der Waals surface area contributed by atoms with Gasteiger partial charge >= 0.3 is 12.1 Å². The second kappa shape index (κ2) is 14.5. The summed E-state index contributed by atoms with van der Waals surface area (Å²) in [4.78, 5) is 43.6. The molecule has 46 heavy (non-hydrogen) atoms.